The summed E-state index contributed by atoms with van der Waals surface area (Å²) in [5.41, 5.74) is 0. The van der Waals surface area contributed by atoms with Crippen LogP contribution < -0.4 is 4.90 Å². The molecule has 1 aromatic heterocycles. The number of aromatic nitrogens is 1. The van der Waals surface area contributed by atoms with Crippen LogP contribution in [0.4, 0.5) is 5.82 Å². The first kappa shape index (κ1) is 2.97. The molecule has 1 aliphatic rings. The van der Waals surface area contributed by atoms with Crippen LogP contribution in [-0.2, 0) is 0 Å². The summed E-state index contributed by atoms with van der Waals surface area (Å²) in [6, 6.07) is 3.90. The molecule has 0 saturated carbocycles. The molecule has 0 aromatic carbocycles. The first-order valence-electron chi connectivity index (χ1n) is 9.80. The van der Waals surface area contributed by atoms with E-state index in [0.717, 1.165) is 6.07 Å². The molecule has 1 atom stereocenters. The molecule has 0 N–H and O–H groups in total. The third-order valence-corrected chi connectivity index (χ3v) is 1.95. The van der Waals surface area contributed by atoms with Crippen molar-refractivity contribution in [2.45, 2.75) is 19.6 Å². The second kappa shape index (κ2) is 4.30. The molecule has 76 valence electrons. The van der Waals surface area contributed by atoms with Crippen molar-refractivity contribution in [1.29, 1.82) is 0 Å². The summed E-state index contributed by atoms with van der Waals surface area (Å²) in [5.74, 6) is -4.14. The minimum Gasteiger partial charge on any atom is -0.356 e. The van der Waals surface area contributed by atoms with E-state index in [1.165, 1.54) is 12.1 Å². The summed E-state index contributed by atoms with van der Waals surface area (Å²) < 4.78 is 95.6. The minimum absolute atomic E-state index is 0.103. The summed E-state index contributed by atoms with van der Waals surface area (Å²) >= 11 is 3.01. The highest BCUT2D eigenvalue weighted by Crippen LogP contribution is 2.22. The predicted octanol–water partition coefficient (Wildman–Crippen LogP) is 3.08. The van der Waals surface area contributed by atoms with Gasteiger partial charge in [0.05, 0.1) is 0 Å². The van der Waals surface area contributed by atoms with E-state index in [4.69, 9.17) is 16.4 Å². The zero-order chi connectivity index (χ0) is 20.6. The molecular weight excluding hydrogens is 240 g/mol. The van der Waals surface area contributed by atoms with E-state index in [1.807, 2.05) is 0 Å². The standard InChI is InChI=1S/C11H15BrN2/c1-9-4-3-7-14(8-9)11-6-2-5-10(12)13-11/h2,5-6,9H,3-4,7-8H2,1H3/i1D3,3D2,4D2,7D2,8D2,9D. The van der Waals surface area contributed by atoms with E-state index in [2.05, 4.69) is 20.9 Å². The van der Waals surface area contributed by atoms with Crippen LogP contribution in [0.5, 0.6) is 0 Å². The number of anilines is 1. The van der Waals surface area contributed by atoms with E-state index in [1.54, 1.807) is 0 Å². The smallest absolute Gasteiger partial charge is 0.129 e. The Balaban J connectivity index is 2.93. The maximum absolute atomic E-state index is 8.24. The molecule has 0 radical (unpaired) electrons. The molecule has 2 heterocycles. The van der Waals surface area contributed by atoms with Crippen molar-refractivity contribution in [3.05, 3.63) is 22.8 Å². The fraction of sp³-hybridized carbons (Fsp3) is 0.545. The topological polar surface area (TPSA) is 16.1 Å². The van der Waals surface area contributed by atoms with Gasteiger partial charge in [-0.1, -0.05) is 12.9 Å². The summed E-state index contributed by atoms with van der Waals surface area (Å²) in [6.07, 6.45) is -7.27. The zero-order valence-corrected chi connectivity index (χ0v) is 8.59. The highest BCUT2D eigenvalue weighted by Gasteiger charge is 2.17. The van der Waals surface area contributed by atoms with Crippen LogP contribution in [0.3, 0.4) is 0 Å². The number of rotatable bonds is 1. The highest BCUT2D eigenvalue weighted by atomic mass is 79.9. The van der Waals surface area contributed by atoms with Crippen molar-refractivity contribution in [3.8, 4) is 0 Å². The zero-order valence-electron chi connectivity index (χ0n) is 19.0. The minimum atomic E-state index is -3.71. The van der Waals surface area contributed by atoms with Crippen LogP contribution in [0.15, 0.2) is 22.8 Å². The quantitative estimate of drug-likeness (QED) is 0.727. The summed E-state index contributed by atoms with van der Waals surface area (Å²) in [7, 11) is 0. The first-order valence-corrected chi connectivity index (χ1v) is 4.59. The van der Waals surface area contributed by atoms with Crippen LogP contribution in [0.25, 0.3) is 0 Å². The molecule has 0 spiro atoms. The number of hydrogen-bond acceptors (Lipinski definition) is 2. The van der Waals surface area contributed by atoms with Gasteiger partial charge in [0.1, 0.15) is 10.4 Å². The monoisotopic (exact) mass is 266 g/mol. The number of pyridine rings is 1. The lowest BCUT2D eigenvalue weighted by Gasteiger charge is -2.31. The summed E-state index contributed by atoms with van der Waals surface area (Å²) in [6.45, 7) is -10.5. The van der Waals surface area contributed by atoms with Crippen LogP contribution in [0.2, 0.25) is 0 Å². The Kier molecular flexibility index (Phi) is 0.913. The Hall–Kier alpha value is -0.570. The molecule has 1 aliphatic heterocycles. The molecule has 1 unspecified atom stereocenters. The van der Waals surface area contributed by atoms with E-state index in [-0.39, 0.29) is 9.50 Å². The van der Waals surface area contributed by atoms with Gasteiger partial charge in [-0.05, 0) is 46.7 Å². The Morgan fingerprint density at radius 1 is 1.79 bits per heavy atom. The molecule has 0 amide bonds. The number of piperidine rings is 1. The van der Waals surface area contributed by atoms with Gasteiger partial charge in [-0.25, -0.2) is 4.98 Å². The molecule has 3 heteroatoms. The average Bonchev–Trinajstić information content (AvgIpc) is 2.42. The van der Waals surface area contributed by atoms with Crippen molar-refractivity contribution in [2.24, 2.45) is 5.89 Å². The van der Waals surface area contributed by atoms with Crippen molar-refractivity contribution < 1.29 is 16.4 Å². The fourth-order valence-corrected chi connectivity index (χ4v) is 1.28. The predicted molar refractivity (Wildman–Crippen MR) is 62.5 cm³/mol. The highest BCUT2D eigenvalue weighted by molar-refractivity contribution is 9.10. The van der Waals surface area contributed by atoms with Gasteiger partial charge in [-0.15, -0.1) is 0 Å². The lowest BCUT2D eigenvalue weighted by atomic mass is 10.0. The van der Waals surface area contributed by atoms with Crippen molar-refractivity contribution in [3.63, 3.8) is 0 Å². The van der Waals surface area contributed by atoms with Gasteiger partial charge in [0, 0.05) is 29.4 Å². The molecular formula is C11H15BrN2. The van der Waals surface area contributed by atoms with Crippen molar-refractivity contribution >= 4 is 21.7 Å². The third kappa shape index (κ3) is 2.27. The second-order valence-electron chi connectivity index (χ2n) is 2.50. The van der Waals surface area contributed by atoms with Gasteiger partial charge in [0.15, 0.2) is 0 Å². The van der Waals surface area contributed by atoms with E-state index in [0.29, 0.717) is 0 Å². The lowest BCUT2D eigenvalue weighted by molar-refractivity contribution is 0.444. The van der Waals surface area contributed by atoms with Crippen molar-refractivity contribution in [1.82, 2.24) is 4.98 Å². The Morgan fingerprint density at radius 2 is 2.71 bits per heavy atom. The van der Waals surface area contributed by atoms with Crippen molar-refractivity contribution in [2.75, 3.05) is 17.9 Å². The molecule has 2 nitrogen and oxygen atoms in total. The lowest BCUT2D eigenvalue weighted by Crippen LogP contribution is -2.34. The molecule has 1 fully saturated rings. The molecule has 2 rings (SSSR count). The largest absolute Gasteiger partial charge is 0.356 e. The van der Waals surface area contributed by atoms with Gasteiger partial charge in [-0.2, -0.15) is 0 Å². The fourth-order valence-electron chi connectivity index (χ4n) is 0.951. The average molecular weight is 267 g/mol. The maximum Gasteiger partial charge on any atom is 0.129 e. The molecule has 0 aliphatic carbocycles. The van der Waals surface area contributed by atoms with E-state index in [9.17, 15) is 0 Å². The van der Waals surface area contributed by atoms with Crippen LogP contribution in [0, 0.1) is 5.89 Å². The SMILES string of the molecule is [2H]C([2H])([2H])C1([2H])C([2H])([2H])N(c2cccc(Br)n2)C([2H])([2H])C([2H])([2H])C1([2H])[2H]. The first-order chi connectivity index (χ1) is 11.4. The molecule has 1 aromatic rings. The van der Waals surface area contributed by atoms with Crippen LogP contribution in [0.1, 0.15) is 36.0 Å². The van der Waals surface area contributed by atoms with Crippen LogP contribution >= 0.6 is 15.9 Å². The van der Waals surface area contributed by atoms with Gasteiger partial charge < -0.3 is 4.90 Å². The number of nitrogens with zero attached hydrogens (tertiary/aromatic N) is 2. The molecule has 14 heavy (non-hydrogen) atoms. The molecule has 1 saturated heterocycles. The third-order valence-electron chi connectivity index (χ3n) is 1.51. The summed E-state index contributed by atoms with van der Waals surface area (Å²) in [4.78, 5) is 3.96. The number of hydrogen-bond donors (Lipinski definition) is 0. The maximum atomic E-state index is 8.24. The van der Waals surface area contributed by atoms with E-state index >= 15 is 0 Å². The second-order valence-corrected chi connectivity index (χ2v) is 3.32. The van der Waals surface area contributed by atoms with E-state index < -0.39 is 44.3 Å². The van der Waals surface area contributed by atoms with Gasteiger partial charge in [0.25, 0.3) is 0 Å². The van der Waals surface area contributed by atoms with Gasteiger partial charge in [0.2, 0.25) is 0 Å². The normalized spacial score (nSPS) is 55.6. The Labute approximate surface area is 110 Å². The summed E-state index contributed by atoms with van der Waals surface area (Å²) in [5, 5.41) is 0. The Morgan fingerprint density at radius 3 is 3.50 bits per heavy atom. The molecule has 0 bridgehead atoms. The van der Waals surface area contributed by atoms with Gasteiger partial charge >= 0.3 is 0 Å². The van der Waals surface area contributed by atoms with Gasteiger partial charge in [-0.3, -0.25) is 0 Å². The number of halogens is 1. The van der Waals surface area contributed by atoms with Crippen LogP contribution in [-0.4, -0.2) is 18.0 Å². The Bertz CT molecular complexity index is 717.